The number of para-hydroxylation sites is 1. The van der Waals surface area contributed by atoms with Crippen molar-refractivity contribution in [2.24, 2.45) is 4.99 Å². The number of amides is 2. The number of halogens is 3. The predicted molar refractivity (Wildman–Crippen MR) is 175 cm³/mol. The molecule has 0 saturated carbocycles. The molecule has 300 valence electrons. The van der Waals surface area contributed by atoms with Gasteiger partial charge in [-0.25, -0.2) is 19.5 Å². The van der Waals surface area contributed by atoms with Crippen LogP contribution in [0.3, 0.4) is 0 Å². The van der Waals surface area contributed by atoms with Crippen molar-refractivity contribution in [3.63, 3.8) is 0 Å². The molecule has 0 radical (unpaired) electrons. The van der Waals surface area contributed by atoms with E-state index in [0.29, 0.717) is 4.90 Å². The van der Waals surface area contributed by atoms with Crippen molar-refractivity contribution >= 4 is 53.4 Å². The normalized spacial score (nSPS) is 21.3. The molecule has 1 aliphatic rings. The third kappa shape index (κ3) is 13.3. The van der Waals surface area contributed by atoms with Crippen LogP contribution in [0.5, 0.6) is 0 Å². The van der Waals surface area contributed by atoms with Gasteiger partial charge >= 0.3 is 53.8 Å². The average molecular weight is 777 g/mol. The van der Waals surface area contributed by atoms with Gasteiger partial charge in [0.2, 0.25) is 5.91 Å². The maximum absolute atomic E-state index is 14.6. The molecule has 54 heavy (non-hydrogen) atoms. The van der Waals surface area contributed by atoms with Crippen LogP contribution in [0.25, 0.3) is 0 Å². The number of hydrogen-bond donors (Lipinski definition) is 0. The number of rotatable bonds is 12. The second-order valence-electron chi connectivity index (χ2n) is 12.8. The Hall–Kier alpha value is -5.27. The predicted octanol–water partition coefficient (Wildman–Crippen LogP) is 3.85. The summed E-state index contributed by atoms with van der Waals surface area (Å²) in [5.41, 5.74) is -1.55. The molecular formula is C34H43F3N2O15. The standard InChI is InChI=1S/C34H43F3N2O15/c1-18(40)39(31(46)54-32(6,7)8)27-26(51-22(5)44)16-33(30(45)47-9,53-29(34(35,36)37)38-23-13-11-10-12-14-23)52-28(27)25(50-21(4)43)15-24(49-20(3)42)17-48-19(2)41/h10-14,24-28H,15-17H2,1-9H3/t24-,25+,26?,27+,28?,33+/m0/s1. The van der Waals surface area contributed by atoms with Gasteiger partial charge in [-0.2, -0.15) is 13.2 Å². The van der Waals surface area contributed by atoms with Crippen LogP contribution in [0.15, 0.2) is 35.3 Å². The molecule has 1 aromatic carbocycles. The zero-order valence-corrected chi connectivity index (χ0v) is 31.0. The Kier molecular flexibility index (Phi) is 15.5. The molecular weight excluding hydrogens is 733 g/mol. The zero-order chi connectivity index (χ0) is 41.2. The number of aliphatic imine (C=N–C) groups is 1. The first-order valence-electron chi connectivity index (χ1n) is 16.2. The largest absolute Gasteiger partial charge is 0.468 e. The van der Waals surface area contributed by atoms with E-state index >= 15 is 0 Å². The van der Waals surface area contributed by atoms with Gasteiger partial charge in [0.25, 0.3) is 0 Å². The molecule has 1 aliphatic heterocycles. The summed E-state index contributed by atoms with van der Waals surface area (Å²) in [6.07, 6.45) is -16.3. The quantitative estimate of drug-likeness (QED) is 0.128. The number of esters is 5. The first kappa shape index (κ1) is 44.9. The minimum atomic E-state index is -5.43. The van der Waals surface area contributed by atoms with Crippen LogP contribution in [-0.2, 0) is 66.7 Å². The number of benzene rings is 1. The number of hydrogen-bond acceptors (Lipinski definition) is 16. The lowest BCUT2D eigenvalue weighted by atomic mass is 9.87. The summed E-state index contributed by atoms with van der Waals surface area (Å²) in [4.78, 5) is 93.5. The Bertz CT molecular complexity index is 1580. The molecule has 1 aromatic rings. The van der Waals surface area contributed by atoms with Gasteiger partial charge in [0.1, 0.15) is 42.7 Å². The van der Waals surface area contributed by atoms with Crippen molar-refractivity contribution in [3.05, 3.63) is 30.3 Å². The third-order valence-corrected chi connectivity index (χ3v) is 7.03. The molecule has 0 bridgehead atoms. The summed E-state index contributed by atoms with van der Waals surface area (Å²) in [5.74, 6) is -12.0. The Morgan fingerprint density at radius 3 is 1.96 bits per heavy atom. The van der Waals surface area contributed by atoms with E-state index in [9.17, 15) is 46.7 Å². The third-order valence-electron chi connectivity index (χ3n) is 7.03. The van der Waals surface area contributed by atoms with Crippen LogP contribution in [0.1, 0.15) is 68.2 Å². The molecule has 20 heteroatoms. The first-order valence-corrected chi connectivity index (χ1v) is 16.2. The Morgan fingerprint density at radius 2 is 1.50 bits per heavy atom. The Morgan fingerprint density at radius 1 is 0.907 bits per heavy atom. The van der Waals surface area contributed by atoms with E-state index in [1.165, 1.54) is 51.1 Å². The SMILES string of the molecule is COC(=O)[C@]1(OC(=Nc2ccccc2)C(F)(F)F)CC(OC(C)=O)[C@@H](N(C(C)=O)C(=O)OC(C)(C)C)C([C@@H](C[C@@H](COC(C)=O)OC(C)=O)OC(C)=O)O1. The highest BCUT2D eigenvalue weighted by Gasteiger charge is 2.63. The molecule has 1 heterocycles. The highest BCUT2D eigenvalue weighted by molar-refractivity contribution is 5.92. The number of carbonyl (C=O) groups is 7. The van der Waals surface area contributed by atoms with Crippen molar-refractivity contribution in [1.82, 2.24) is 4.90 Å². The molecule has 1 fully saturated rings. The van der Waals surface area contributed by atoms with Crippen LogP contribution in [-0.4, -0.2) is 114 Å². The number of methoxy groups -OCH3 is 1. The lowest BCUT2D eigenvalue weighted by Gasteiger charge is -2.50. The molecule has 2 amide bonds. The summed E-state index contributed by atoms with van der Waals surface area (Å²) in [6, 6.07) is 4.62. The summed E-state index contributed by atoms with van der Waals surface area (Å²) in [5, 5.41) is 0. The van der Waals surface area contributed by atoms with E-state index in [-0.39, 0.29) is 5.69 Å². The van der Waals surface area contributed by atoms with Gasteiger partial charge in [0, 0.05) is 41.0 Å². The van der Waals surface area contributed by atoms with Crippen LogP contribution < -0.4 is 0 Å². The van der Waals surface area contributed by atoms with Gasteiger partial charge in [-0.3, -0.25) is 24.0 Å². The van der Waals surface area contributed by atoms with Crippen LogP contribution >= 0.6 is 0 Å². The number of alkyl halides is 3. The molecule has 0 aliphatic carbocycles. The second kappa shape index (κ2) is 18.7. The zero-order valence-electron chi connectivity index (χ0n) is 31.0. The van der Waals surface area contributed by atoms with Gasteiger partial charge < -0.3 is 37.9 Å². The summed E-state index contributed by atoms with van der Waals surface area (Å²) < 4.78 is 86.6. The van der Waals surface area contributed by atoms with Crippen molar-refractivity contribution in [3.8, 4) is 0 Å². The molecule has 0 N–H and O–H groups in total. The fourth-order valence-corrected chi connectivity index (χ4v) is 5.27. The fraction of sp³-hybridized carbons (Fsp3) is 0.588. The highest BCUT2D eigenvalue weighted by atomic mass is 19.4. The lowest BCUT2D eigenvalue weighted by Crippen LogP contribution is -2.70. The fourth-order valence-electron chi connectivity index (χ4n) is 5.27. The van der Waals surface area contributed by atoms with E-state index in [4.69, 9.17) is 37.9 Å². The van der Waals surface area contributed by atoms with Gasteiger partial charge in [-0.15, -0.1) is 0 Å². The summed E-state index contributed by atoms with van der Waals surface area (Å²) in [7, 11) is 0.766. The summed E-state index contributed by atoms with van der Waals surface area (Å²) >= 11 is 0. The number of carbonyl (C=O) groups excluding carboxylic acids is 7. The van der Waals surface area contributed by atoms with Crippen molar-refractivity contribution in [1.29, 1.82) is 0 Å². The van der Waals surface area contributed by atoms with Gasteiger partial charge in [0.15, 0.2) is 0 Å². The number of nitrogens with zero attached hydrogens (tertiary/aromatic N) is 2. The minimum absolute atomic E-state index is 0.285. The number of ether oxygens (including phenoxy) is 8. The van der Waals surface area contributed by atoms with Crippen LogP contribution in [0, 0.1) is 0 Å². The molecule has 6 atom stereocenters. The maximum atomic E-state index is 14.6. The smallest absolute Gasteiger partial charge is 0.464 e. The van der Waals surface area contributed by atoms with Crippen LogP contribution in [0.4, 0.5) is 23.7 Å². The topological polar surface area (TPSA) is 209 Å². The minimum Gasteiger partial charge on any atom is -0.464 e. The van der Waals surface area contributed by atoms with E-state index in [2.05, 4.69) is 4.99 Å². The second-order valence-corrected chi connectivity index (χ2v) is 12.8. The van der Waals surface area contributed by atoms with E-state index in [1.807, 2.05) is 0 Å². The number of imide groups is 1. The van der Waals surface area contributed by atoms with E-state index < -0.39 is 115 Å². The molecule has 0 spiro atoms. The summed E-state index contributed by atoms with van der Waals surface area (Å²) in [6.45, 7) is 8.36. The highest BCUT2D eigenvalue weighted by Crippen LogP contribution is 2.41. The molecule has 1 saturated heterocycles. The van der Waals surface area contributed by atoms with Crippen molar-refractivity contribution < 1.29 is 84.6 Å². The average Bonchev–Trinajstić information content (AvgIpc) is 3.01. The van der Waals surface area contributed by atoms with Crippen molar-refractivity contribution in [2.75, 3.05) is 13.7 Å². The maximum Gasteiger partial charge on any atom is 0.468 e. The van der Waals surface area contributed by atoms with Gasteiger partial charge in [-0.1, -0.05) is 18.2 Å². The van der Waals surface area contributed by atoms with Crippen molar-refractivity contribution in [2.45, 2.75) is 116 Å². The van der Waals surface area contributed by atoms with E-state index in [0.717, 1.165) is 41.7 Å². The molecule has 0 aromatic heterocycles. The monoisotopic (exact) mass is 776 g/mol. The molecule has 2 rings (SSSR count). The van der Waals surface area contributed by atoms with Gasteiger partial charge in [-0.05, 0) is 32.9 Å². The Labute approximate surface area is 308 Å². The molecule has 2 unspecified atom stereocenters. The molecule has 17 nitrogen and oxygen atoms in total. The first-order chi connectivity index (χ1) is 24.9. The van der Waals surface area contributed by atoms with Crippen LogP contribution in [0.2, 0.25) is 0 Å². The lowest BCUT2D eigenvalue weighted by molar-refractivity contribution is -0.299. The van der Waals surface area contributed by atoms with Gasteiger partial charge in [0.05, 0.1) is 19.2 Å². The Balaban J connectivity index is 3.04. The van der Waals surface area contributed by atoms with E-state index in [1.54, 1.807) is 0 Å².